The van der Waals surface area contributed by atoms with Gasteiger partial charge in [-0.2, -0.15) is 0 Å². The highest BCUT2D eigenvalue weighted by molar-refractivity contribution is 7.13. The number of aromatic nitrogens is 1. The Balaban J connectivity index is 1.65. The number of hydrogen-bond donors (Lipinski definition) is 1. The van der Waals surface area contributed by atoms with Crippen LogP contribution in [0.25, 0.3) is 10.8 Å². The van der Waals surface area contributed by atoms with Crippen molar-refractivity contribution in [3.8, 4) is 10.8 Å². The third-order valence-corrected chi connectivity index (χ3v) is 5.00. The highest BCUT2D eigenvalue weighted by Crippen LogP contribution is 2.25. The highest BCUT2D eigenvalue weighted by atomic mass is 32.1. The Morgan fingerprint density at radius 2 is 2.45 bits per heavy atom. The van der Waals surface area contributed by atoms with E-state index in [1.807, 2.05) is 17.5 Å². The van der Waals surface area contributed by atoms with Crippen molar-refractivity contribution in [2.24, 2.45) is 0 Å². The van der Waals surface area contributed by atoms with Crippen molar-refractivity contribution >= 4 is 17.2 Å². The molecule has 3 heterocycles. The molecule has 1 aliphatic rings. The Morgan fingerprint density at radius 1 is 1.59 bits per heavy atom. The van der Waals surface area contributed by atoms with Crippen LogP contribution in [0.1, 0.15) is 36.0 Å². The van der Waals surface area contributed by atoms with Crippen LogP contribution in [0.2, 0.25) is 0 Å². The highest BCUT2D eigenvalue weighted by Gasteiger charge is 2.25. The lowest BCUT2D eigenvalue weighted by molar-refractivity contribution is 0.0935. The van der Waals surface area contributed by atoms with Gasteiger partial charge >= 0.3 is 0 Å². The van der Waals surface area contributed by atoms with Gasteiger partial charge in [0.1, 0.15) is 5.76 Å². The van der Waals surface area contributed by atoms with Gasteiger partial charge in [0.15, 0.2) is 5.69 Å². The predicted molar refractivity (Wildman–Crippen MR) is 87.2 cm³/mol. The van der Waals surface area contributed by atoms with Gasteiger partial charge in [-0.15, -0.1) is 11.3 Å². The summed E-state index contributed by atoms with van der Waals surface area (Å²) in [5, 5.41) is 4.97. The molecule has 1 saturated heterocycles. The number of carbonyl (C=O) groups is 1. The number of thiophene rings is 1. The normalized spacial score (nSPS) is 18.7. The van der Waals surface area contributed by atoms with Crippen LogP contribution >= 0.6 is 11.3 Å². The van der Waals surface area contributed by atoms with Crippen LogP contribution in [0.3, 0.4) is 0 Å². The summed E-state index contributed by atoms with van der Waals surface area (Å²) in [6, 6.07) is 4.33. The third kappa shape index (κ3) is 3.08. The lowest BCUT2D eigenvalue weighted by Gasteiger charge is -2.22. The zero-order chi connectivity index (χ0) is 15.5. The standard InChI is InChI=1S/C16H21N3O2S/c1-3-19-8-4-6-12(19)10-17-15(20)14-11(2)21-16(18-14)13-7-5-9-22-13/h5,7,9,12H,3-4,6,8,10H2,1-2H3,(H,17,20). The Bertz CT molecular complexity index is 636. The SMILES string of the molecule is CCN1CCCC1CNC(=O)c1nc(-c2cccs2)oc1C. The first kappa shape index (κ1) is 15.2. The average Bonchev–Trinajstić information content (AvgIpc) is 3.24. The van der Waals surface area contributed by atoms with Gasteiger partial charge in [0, 0.05) is 12.6 Å². The summed E-state index contributed by atoms with van der Waals surface area (Å²) in [4.78, 5) is 20.1. The fourth-order valence-electron chi connectivity index (χ4n) is 2.95. The van der Waals surface area contributed by atoms with Gasteiger partial charge in [0.05, 0.1) is 4.88 Å². The van der Waals surface area contributed by atoms with Crippen LogP contribution in [-0.4, -0.2) is 41.5 Å². The van der Waals surface area contributed by atoms with Crippen LogP contribution in [0.15, 0.2) is 21.9 Å². The topological polar surface area (TPSA) is 58.4 Å². The number of nitrogens with one attached hydrogen (secondary N) is 1. The molecule has 118 valence electrons. The molecule has 6 heteroatoms. The van der Waals surface area contributed by atoms with E-state index in [0.717, 1.165) is 24.4 Å². The minimum Gasteiger partial charge on any atom is -0.440 e. The molecule has 2 aromatic rings. The molecule has 1 fully saturated rings. The zero-order valence-corrected chi connectivity index (χ0v) is 13.8. The number of aryl methyl sites for hydroxylation is 1. The van der Waals surface area contributed by atoms with Crippen molar-refractivity contribution in [1.29, 1.82) is 0 Å². The van der Waals surface area contributed by atoms with Crippen molar-refractivity contribution in [3.63, 3.8) is 0 Å². The van der Waals surface area contributed by atoms with E-state index < -0.39 is 0 Å². The monoisotopic (exact) mass is 319 g/mol. The fraction of sp³-hybridized carbons (Fsp3) is 0.500. The molecule has 22 heavy (non-hydrogen) atoms. The summed E-state index contributed by atoms with van der Waals surface area (Å²) < 4.78 is 5.62. The van der Waals surface area contributed by atoms with Crippen molar-refractivity contribution in [1.82, 2.24) is 15.2 Å². The van der Waals surface area contributed by atoms with E-state index in [1.54, 1.807) is 18.3 Å². The fourth-order valence-corrected chi connectivity index (χ4v) is 3.60. The van der Waals surface area contributed by atoms with Gasteiger partial charge in [-0.05, 0) is 44.3 Å². The number of likely N-dealkylation sites (tertiary alicyclic amines) is 1. The van der Waals surface area contributed by atoms with E-state index in [0.29, 0.717) is 29.9 Å². The quantitative estimate of drug-likeness (QED) is 0.920. The number of oxazole rings is 1. The maximum absolute atomic E-state index is 12.4. The molecular weight excluding hydrogens is 298 g/mol. The van der Waals surface area contributed by atoms with Gasteiger partial charge in [-0.1, -0.05) is 13.0 Å². The van der Waals surface area contributed by atoms with E-state index in [4.69, 9.17) is 4.42 Å². The van der Waals surface area contributed by atoms with Crippen molar-refractivity contribution in [2.75, 3.05) is 19.6 Å². The van der Waals surface area contributed by atoms with E-state index in [9.17, 15) is 4.79 Å². The molecule has 0 aliphatic carbocycles. The molecule has 3 rings (SSSR count). The summed E-state index contributed by atoms with van der Waals surface area (Å²) in [6.07, 6.45) is 2.35. The molecule has 0 radical (unpaired) electrons. The summed E-state index contributed by atoms with van der Waals surface area (Å²) in [5.74, 6) is 0.945. The molecule has 1 amide bonds. The predicted octanol–water partition coefficient (Wildman–Crippen LogP) is 2.93. The minimum absolute atomic E-state index is 0.146. The van der Waals surface area contributed by atoms with Gasteiger partial charge in [-0.3, -0.25) is 9.69 Å². The first-order valence-electron chi connectivity index (χ1n) is 7.72. The zero-order valence-electron chi connectivity index (χ0n) is 13.0. The maximum atomic E-state index is 12.4. The van der Waals surface area contributed by atoms with Gasteiger partial charge < -0.3 is 9.73 Å². The van der Waals surface area contributed by atoms with Crippen LogP contribution in [0.4, 0.5) is 0 Å². The van der Waals surface area contributed by atoms with E-state index in [1.165, 1.54) is 6.42 Å². The van der Waals surface area contributed by atoms with Crippen LogP contribution in [-0.2, 0) is 0 Å². The third-order valence-electron chi connectivity index (χ3n) is 4.15. The number of likely N-dealkylation sites (N-methyl/N-ethyl adjacent to an activating group) is 1. The summed E-state index contributed by atoms with van der Waals surface area (Å²) in [7, 11) is 0. The maximum Gasteiger partial charge on any atom is 0.273 e. The summed E-state index contributed by atoms with van der Waals surface area (Å²) in [6.45, 7) is 6.78. The average molecular weight is 319 g/mol. The lowest BCUT2D eigenvalue weighted by atomic mass is 10.2. The number of nitrogens with zero attached hydrogens (tertiary/aromatic N) is 2. The smallest absolute Gasteiger partial charge is 0.273 e. The molecule has 1 unspecified atom stereocenters. The summed E-state index contributed by atoms with van der Waals surface area (Å²) >= 11 is 1.55. The molecule has 0 saturated carbocycles. The van der Waals surface area contributed by atoms with E-state index >= 15 is 0 Å². The molecule has 1 aliphatic heterocycles. The number of hydrogen-bond acceptors (Lipinski definition) is 5. The van der Waals surface area contributed by atoms with Crippen LogP contribution in [0, 0.1) is 6.92 Å². The van der Waals surface area contributed by atoms with Gasteiger partial charge in [0.25, 0.3) is 5.91 Å². The largest absolute Gasteiger partial charge is 0.440 e. The van der Waals surface area contributed by atoms with Crippen molar-refractivity contribution in [2.45, 2.75) is 32.7 Å². The van der Waals surface area contributed by atoms with Crippen LogP contribution < -0.4 is 5.32 Å². The molecule has 0 spiro atoms. The number of rotatable bonds is 5. The molecule has 2 aromatic heterocycles. The minimum atomic E-state index is -0.146. The van der Waals surface area contributed by atoms with Crippen molar-refractivity contribution < 1.29 is 9.21 Å². The first-order valence-corrected chi connectivity index (χ1v) is 8.60. The number of carbonyl (C=O) groups excluding carboxylic acids is 1. The molecule has 1 N–H and O–H groups in total. The Kier molecular flexibility index (Phi) is 4.59. The Labute approximate surface area is 134 Å². The molecule has 5 nitrogen and oxygen atoms in total. The summed E-state index contributed by atoms with van der Waals surface area (Å²) in [5.41, 5.74) is 0.393. The molecule has 0 bridgehead atoms. The molecule has 0 aromatic carbocycles. The second-order valence-electron chi connectivity index (χ2n) is 5.54. The molecular formula is C16H21N3O2S. The van der Waals surface area contributed by atoms with Gasteiger partial charge in [-0.25, -0.2) is 4.98 Å². The van der Waals surface area contributed by atoms with E-state index in [2.05, 4.69) is 22.1 Å². The second-order valence-corrected chi connectivity index (χ2v) is 6.48. The lowest BCUT2D eigenvalue weighted by Crippen LogP contribution is -2.40. The Morgan fingerprint density at radius 3 is 3.18 bits per heavy atom. The first-order chi connectivity index (χ1) is 10.7. The second kappa shape index (κ2) is 6.62. The van der Waals surface area contributed by atoms with E-state index in [-0.39, 0.29) is 5.91 Å². The molecule has 1 atom stereocenters. The van der Waals surface area contributed by atoms with Crippen LogP contribution in [0.5, 0.6) is 0 Å². The Hall–Kier alpha value is -1.66. The number of amides is 1. The van der Waals surface area contributed by atoms with Crippen molar-refractivity contribution in [3.05, 3.63) is 29.0 Å². The van der Waals surface area contributed by atoms with Gasteiger partial charge in [0.2, 0.25) is 5.89 Å².